The number of aryl methyl sites for hydroxylation is 9. The Morgan fingerprint density at radius 1 is 0.381 bits per heavy atom. The molecule has 5 aromatic heterocycles. The zero-order valence-corrected chi connectivity index (χ0v) is 67.5. The summed E-state index contributed by atoms with van der Waals surface area (Å²) in [5, 5.41) is 2.68. The second kappa shape index (κ2) is 29.9. The van der Waals surface area contributed by atoms with E-state index in [-0.39, 0.29) is 91.3 Å². The van der Waals surface area contributed by atoms with Gasteiger partial charge in [0.1, 0.15) is 5.75 Å². The van der Waals surface area contributed by atoms with E-state index in [1.54, 1.807) is 12.4 Å². The first-order valence-corrected chi connectivity index (χ1v) is 32.5. The third-order valence-corrected chi connectivity index (χ3v) is 19.8. The summed E-state index contributed by atoms with van der Waals surface area (Å²) in [5.74, 6) is 2.31. The van der Waals surface area contributed by atoms with Crippen molar-refractivity contribution in [1.82, 2.24) is 24.9 Å². The molecule has 0 saturated heterocycles. The van der Waals surface area contributed by atoms with Gasteiger partial charge in [0, 0.05) is 147 Å². The quantitative estimate of drug-likeness (QED) is 0.161. The molecule has 0 spiro atoms. The van der Waals surface area contributed by atoms with Crippen LogP contribution in [0.5, 0.6) is 11.5 Å². The van der Waals surface area contributed by atoms with Gasteiger partial charge in [-0.3, -0.25) is 9.97 Å². The molecule has 0 atom stereocenters. The van der Waals surface area contributed by atoms with Gasteiger partial charge in [0.2, 0.25) is 0 Å². The summed E-state index contributed by atoms with van der Waals surface area (Å²) in [6.45, 7) is 28.1. The molecule has 13 aromatic rings. The Balaban J connectivity index is 0.000000150. The molecule has 13 heteroatoms. The van der Waals surface area contributed by atoms with Gasteiger partial charge in [0.15, 0.2) is 0 Å². The molecule has 7 heterocycles. The maximum atomic E-state index is 6.10. The zero-order valence-electron chi connectivity index (χ0n) is 57.1. The first-order valence-electron chi connectivity index (χ1n) is 31.7. The smallest absolute Gasteiger partial charge is 0.148 e. The van der Waals surface area contributed by atoms with Crippen LogP contribution in [0.15, 0.2) is 183 Å². The van der Waals surface area contributed by atoms with Crippen molar-refractivity contribution in [3.05, 3.63) is 279 Å². The summed E-state index contributed by atoms with van der Waals surface area (Å²) in [6.07, 6.45) is 9.36. The number of thiophene rings is 1. The molecular formula is C84H75Ir4N7OS-4. The van der Waals surface area contributed by atoms with Gasteiger partial charge in [-0.2, -0.15) is 11.3 Å². The largest absolute Gasteiger partial charge is 0.473 e. The van der Waals surface area contributed by atoms with E-state index in [0.29, 0.717) is 5.82 Å². The Hall–Kier alpha value is -7.49. The van der Waals surface area contributed by atoms with Crippen molar-refractivity contribution in [2.75, 3.05) is 23.9 Å². The number of aromatic nitrogens is 5. The van der Waals surface area contributed by atoms with Gasteiger partial charge in [-0.15, -0.1) is 94.0 Å². The van der Waals surface area contributed by atoms with Gasteiger partial charge in [0.25, 0.3) is 0 Å². The van der Waals surface area contributed by atoms with Gasteiger partial charge in [-0.25, -0.2) is 0 Å². The Labute approximate surface area is 630 Å². The van der Waals surface area contributed by atoms with E-state index >= 15 is 0 Å². The van der Waals surface area contributed by atoms with Gasteiger partial charge in [-0.05, 0) is 162 Å². The van der Waals surface area contributed by atoms with Crippen molar-refractivity contribution in [3.63, 3.8) is 0 Å². The average molecular weight is 2000 g/mol. The summed E-state index contributed by atoms with van der Waals surface area (Å²) >= 11 is 1.88. The standard InChI is InChI=1S/C22H21N2.C22H20N.C21H18NS.C19H16N3O.4Ir/c1-15-9-11-19(23-14-15)16-10-12-21-18(13-16)22(2,3)17-7-5-6-8-20(17)24(21)4;1-14-5-8-17-18-12-16(21-10-6-15(2)13-23-21)7-9-19(18)22(3,4)20(17)11-14;1-12-5-6-19(22-11-12)16-9-15(4)21-18(10-16)17-8-13(2)7-14(3)20(17)23-21;1-12-4-6-15-17(8-12)23-18-9-14(5-7-16(18)22(15)3)19-20-10-13(2)11-21-19;;;;/h5-9,11-14H,1-4H3;5-6,8-13H,1-4H3;5-8,10-11H,1-4H3;4,6-11H,1-3H3;;;;/q4*-1;;;;. The summed E-state index contributed by atoms with van der Waals surface area (Å²) in [6, 6.07) is 67.3. The van der Waals surface area contributed by atoms with Crippen LogP contribution in [0.4, 0.5) is 22.7 Å². The maximum absolute atomic E-state index is 6.10. The number of hydrogen-bond acceptors (Lipinski definition) is 9. The summed E-state index contributed by atoms with van der Waals surface area (Å²) in [7, 11) is 4.16. The van der Waals surface area contributed by atoms with Gasteiger partial charge >= 0.3 is 0 Å². The number of rotatable bonds is 4. The van der Waals surface area contributed by atoms with E-state index in [1.807, 2.05) is 62.1 Å². The number of hydrogen-bond donors (Lipinski definition) is 0. The molecule has 0 amide bonds. The Morgan fingerprint density at radius 2 is 0.907 bits per heavy atom. The number of ether oxygens (including phenoxy) is 1. The third-order valence-electron chi connectivity index (χ3n) is 18.3. The zero-order chi connectivity index (χ0) is 65.2. The molecule has 97 heavy (non-hydrogen) atoms. The second-order valence-corrected chi connectivity index (χ2v) is 27.3. The third kappa shape index (κ3) is 14.7. The van der Waals surface area contributed by atoms with Gasteiger partial charge < -0.3 is 29.5 Å². The van der Waals surface area contributed by atoms with Crippen LogP contribution in [-0.4, -0.2) is 39.0 Å². The number of para-hydroxylation sites is 1. The van der Waals surface area contributed by atoms with Crippen LogP contribution in [0.25, 0.3) is 76.5 Å². The molecule has 4 radical (unpaired) electrons. The molecule has 0 N–H and O–H groups in total. The first kappa shape index (κ1) is 73.7. The fourth-order valence-corrected chi connectivity index (χ4v) is 14.2. The van der Waals surface area contributed by atoms with Crippen LogP contribution in [0.2, 0.25) is 0 Å². The van der Waals surface area contributed by atoms with Crippen LogP contribution in [-0.2, 0) is 91.3 Å². The normalized spacial score (nSPS) is 12.8. The van der Waals surface area contributed by atoms with E-state index in [4.69, 9.17) is 4.74 Å². The van der Waals surface area contributed by atoms with E-state index in [2.05, 4.69) is 283 Å². The van der Waals surface area contributed by atoms with Crippen molar-refractivity contribution in [2.24, 2.45) is 0 Å². The minimum atomic E-state index is -0.0486. The van der Waals surface area contributed by atoms with E-state index in [9.17, 15) is 0 Å². The van der Waals surface area contributed by atoms with Gasteiger partial charge in [-0.1, -0.05) is 159 Å². The van der Waals surface area contributed by atoms with E-state index in [1.165, 1.54) is 109 Å². The van der Waals surface area contributed by atoms with Crippen molar-refractivity contribution < 1.29 is 85.2 Å². The van der Waals surface area contributed by atoms with Crippen LogP contribution in [0.1, 0.15) is 100 Å². The molecule has 3 aliphatic rings. The first-order chi connectivity index (χ1) is 44.6. The van der Waals surface area contributed by atoms with Crippen molar-refractivity contribution in [2.45, 2.75) is 101 Å². The Kier molecular flexibility index (Phi) is 22.7. The van der Waals surface area contributed by atoms with Crippen LogP contribution in [0.3, 0.4) is 0 Å². The fourth-order valence-electron chi connectivity index (χ4n) is 13.1. The molecule has 8 aromatic carbocycles. The monoisotopic (exact) mass is 2000 g/mol. The summed E-state index contributed by atoms with van der Waals surface area (Å²) in [4.78, 5) is 26.8. The number of pyridine rings is 3. The van der Waals surface area contributed by atoms with Crippen molar-refractivity contribution >= 4 is 54.3 Å². The number of nitrogens with zero attached hydrogens (tertiary/aromatic N) is 7. The predicted molar refractivity (Wildman–Crippen MR) is 386 cm³/mol. The predicted octanol–water partition coefficient (Wildman–Crippen LogP) is 21.3. The molecule has 498 valence electrons. The van der Waals surface area contributed by atoms with Crippen molar-refractivity contribution in [3.8, 4) is 67.8 Å². The number of anilines is 4. The molecule has 0 fully saturated rings. The molecule has 8 nitrogen and oxygen atoms in total. The summed E-state index contributed by atoms with van der Waals surface area (Å²) < 4.78 is 8.82. The van der Waals surface area contributed by atoms with Crippen molar-refractivity contribution in [1.29, 1.82) is 0 Å². The Bertz CT molecular complexity index is 5030. The number of benzene rings is 8. The van der Waals surface area contributed by atoms with Gasteiger partial charge in [0.05, 0.1) is 17.3 Å². The minimum absolute atomic E-state index is 0. The van der Waals surface area contributed by atoms with Crippen LogP contribution in [0, 0.1) is 86.6 Å². The summed E-state index contributed by atoms with van der Waals surface area (Å²) in [5.41, 5.74) is 30.5. The molecular weight excluding hydrogens is 1920 g/mol. The molecule has 0 saturated carbocycles. The van der Waals surface area contributed by atoms with E-state index in [0.717, 1.165) is 67.8 Å². The maximum Gasteiger partial charge on any atom is 0.148 e. The Morgan fingerprint density at radius 3 is 1.56 bits per heavy atom. The molecule has 2 aliphatic heterocycles. The molecule has 0 bridgehead atoms. The van der Waals surface area contributed by atoms with E-state index < -0.39 is 0 Å². The van der Waals surface area contributed by atoms with Crippen LogP contribution < -0.4 is 14.5 Å². The fraction of sp³-hybridized carbons (Fsp3) is 0.202. The second-order valence-electron chi connectivity index (χ2n) is 26.3. The van der Waals surface area contributed by atoms with Crippen LogP contribution >= 0.6 is 11.3 Å². The SMILES string of the molecule is Cc1ccc(-c2[c-]c(C)c3sc4c(C)cc(C)cc4c3c2)nc1.Cc1ccc(-c2[c-]cc3c(c2)-c2ccc(C)cc2C3(C)C)nc1.Cc1ccc(-c2[c-]cc3c(c2)C(C)(C)c2ccccc2N3C)nc1.Cc1cnc(-c2[c-]cc3c(c2)Oc2cc(C)ccc2N3C)nc1.[Ir].[Ir].[Ir].[Ir]. The average Bonchev–Trinajstić information content (AvgIpc) is 1.66. The molecule has 0 unspecified atom stereocenters. The molecule has 16 rings (SSSR count). The minimum Gasteiger partial charge on any atom is -0.473 e. The topological polar surface area (TPSA) is 80.2 Å². The molecule has 1 aliphatic carbocycles. The number of fused-ring (bicyclic) bond motifs is 10.